The molecule has 0 aliphatic heterocycles. The molecule has 4 N–H and O–H groups in total. The summed E-state index contributed by atoms with van der Waals surface area (Å²) in [5, 5.41) is 35.5. The lowest BCUT2D eigenvalue weighted by Crippen LogP contribution is -2.55. The second kappa shape index (κ2) is 14.2. The minimum atomic E-state index is -1.22. The lowest BCUT2D eigenvalue weighted by molar-refractivity contribution is -0.0801. The summed E-state index contributed by atoms with van der Waals surface area (Å²) in [6.07, 6.45) is -2.44. The van der Waals surface area contributed by atoms with E-state index < -0.39 is 34.9 Å². The Kier molecular flexibility index (Phi) is 8.80. The topological polar surface area (TPSA) is 126 Å². The molecule has 0 amide bonds. The minimum absolute atomic E-state index is 0.323. The van der Waals surface area contributed by atoms with Gasteiger partial charge in [-0.05, 0) is 72.8 Å². The van der Waals surface area contributed by atoms with E-state index in [1.165, 1.54) is 9.36 Å². The molecule has 320 valence electrons. The van der Waals surface area contributed by atoms with Crippen LogP contribution < -0.4 is 11.1 Å². The molecule has 0 bridgehead atoms. The predicted molar refractivity (Wildman–Crippen MR) is 256 cm³/mol. The number of aromatic nitrogens is 6. The summed E-state index contributed by atoms with van der Waals surface area (Å²) in [6.45, 7) is 12.0. The molecule has 64 heavy (non-hydrogen) atoms. The van der Waals surface area contributed by atoms with Crippen molar-refractivity contribution in [3.63, 3.8) is 0 Å². The SMILES string of the molecule is CC(C)(C)c1[nH]n(-c2ccc3c(c2)c2ccccc2n3-c2ccccc2)c(=O)c1C1C(O)C(c2c(C(C)(C)C)[nH]n(-c3ccc4c(c3)c3ccccc3n4-c3ccccc3)c2=O)C1O. The van der Waals surface area contributed by atoms with E-state index in [1.54, 1.807) is 0 Å². The summed E-state index contributed by atoms with van der Waals surface area (Å²) in [4.78, 5) is 29.7. The Balaban J connectivity index is 1.00. The van der Waals surface area contributed by atoms with Gasteiger partial charge in [0.2, 0.25) is 0 Å². The van der Waals surface area contributed by atoms with Gasteiger partial charge in [0.25, 0.3) is 11.1 Å². The van der Waals surface area contributed by atoms with E-state index in [0.29, 0.717) is 33.9 Å². The van der Waals surface area contributed by atoms with Crippen molar-refractivity contribution in [3.05, 3.63) is 189 Å². The fourth-order valence-corrected chi connectivity index (χ4v) is 10.3. The molecule has 10 aromatic rings. The summed E-state index contributed by atoms with van der Waals surface area (Å²) in [5.74, 6) is -1.88. The number of fused-ring (bicyclic) bond motifs is 6. The lowest BCUT2D eigenvalue weighted by Gasteiger charge is -2.46. The number of para-hydroxylation sites is 4. The van der Waals surface area contributed by atoms with Crippen molar-refractivity contribution < 1.29 is 10.2 Å². The number of hydrogen-bond acceptors (Lipinski definition) is 4. The Hall–Kier alpha value is -7.14. The van der Waals surface area contributed by atoms with E-state index in [0.717, 1.165) is 55.0 Å². The minimum Gasteiger partial charge on any atom is -0.392 e. The Morgan fingerprint density at radius 2 is 0.766 bits per heavy atom. The second-order valence-electron chi connectivity index (χ2n) is 19.4. The van der Waals surface area contributed by atoms with Gasteiger partial charge in [0.05, 0.1) is 45.6 Å². The van der Waals surface area contributed by atoms with Crippen LogP contribution in [0.15, 0.2) is 155 Å². The molecule has 0 unspecified atom stereocenters. The fraction of sp³-hybridized carbons (Fsp3) is 0.222. The van der Waals surface area contributed by atoms with E-state index in [4.69, 9.17) is 0 Å². The second-order valence-corrected chi connectivity index (χ2v) is 19.4. The maximum atomic E-state index is 14.8. The fourth-order valence-electron chi connectivity index (χ4n) is 10.3. The van der Waals surface area contributed by atoms with Crippen LogP contribution in [0.1, 0.15) is 75.9 Å². The van der Waals surface area contributed by atoms with Crippen LogP contribution in [0.3, 0.4) is 0 Å². The van der Waals surface area contributed by atoms with Gasteiger partial charge in [-0.25, -0.2) is 9.36 Å². The Labute approximate surface area is 369 Å². The van der Waals surface area contributed by atoms with E-state index >= 15 is 0 Å². The van der Waals surface area contributed by atoms with Crippen LogP contribution >= 0.6 is 0 Å². The van der Waals surface area contributed by atoms with E-state index in [-0.39, 0.29) is 11.1 Å². The molecule has 1 saturated carbocycles. The number of nitrogens with zero attached hydrogens (tertiary/aromatic N) is 4. The first-order valence-corrected chi connectivity index (χ1v) is 22.0. The maximum absolute atomic E-state index is 14.8. The number of aliphatic hydroxyl groups excluding tert-OH is 2. The third-order valence-electron chi connectivity index (χ3n) is 13.3. The maximum Gasteiger partial charge on any atom is 0.275 e. The molecular formula is C54H50N6O4. The number of rotatable bonds is 6. The highest BCUT2D eigenvalue weighted by Crippen LogP contribution is 2.50. The first kappa shape index (κ1) is 39.7. The van der Waals surface area contributed by atoms with Crippen molar-refractivity contribution in [2.24, 2.45) is 0 Å². The molecule has 10 nitrogen and oxygen atoms in total. The van der Waals surface area contributed by atoms with Gasteiger partial charge in [0.1, 0.15) is 0 Å². The number of benzene rings is 6. The number of aromatic amines is 2. The normalized spacial score (nSPS) is 18.1. The summed E-state index contributed by atoms with van der Waals surface area (Å²) in [5.41, 5.74) is 7.55. The van der Waals surface area contributed by atoms with Gasteiger partial charge < -0.3 is 19.3 Å². The van der Waals surface area contributed by atoms with Crippen LogP contribution in [-0.4, -0.2) is 51.1 Å². The van der Waals surface area contributed by atoms with Gasteiger partial charge in [-0.1, -0.05) is 114 Å². The van der Waals surface area contributed by atoms with Crippen molar-refractivity contribution >= 4 is 43.6 Å². The Bertz CT molecular complexity index is 3320. The number of aliphatic hydroxyl groups is 2. The highest BCUT2D eigenvalue weighted by molar-refractivity contribution is 6.11. The standard InChI is InChI=1S/C54H50N6O4/c1-53(2,3)49-45(51(63)59(55-49)33-25-27-41-37(29-33)35-21-13-15-23-39(35)57(41)31-17-9-7-10-18-31)43-47(61)44(48(43)62)46-50(54(4,5)6)56-60(52(46)64)34-26-28-42-38(30-34)36-22-14-16-24-40(36)58(42)32-19-11-8-12-20-32/h7-30,43-44,47-48,55-56,61-62H,1-6H3. The molecule has 4 aromatic heterocycles. The molecular weight excluding hydrogens is 797 g/mol. The molecule has 0 saturated heterocycles. The van der Waals surface area contributed by atoms with E-state index in [2.05, 4.69) is 67.9 Å². The van der Waals surface area contributed by atoms with Crippen molar-refractivity contribution in [1.82, 2.24) is 28.7 Å². The highest BCUT2D eigenvalue weighted by atomic mass is 16.3. The Morgan fingerprint density at radius 3 is 1.14 bits per heavy atom. The van der Waals surface area contributed by atoms with Crippen molar-refractivity contribution in [2.45, 2.75) is 76.4 Å². The van der Waals surface area contributed by atoms with Crippen molar-refractivity contribution in [3.8, 4) is 22.7 Å². The highest BCUT2D eigenvalue weighted by Gasteiger charge is 2.56. The average Bonchev–Trinajstić information content (AvgIpc) is 4.02. The number of H-pyrrole nitrogens is 2. The first-order valence-electron chi connectivity index (χ1n) is 22.0. The number of nitrogens with one attached hydrogen (secondary N) is 2. The molecule has 10 heteroatoms. The van der Waals surface area contributed by atoms with E-state index in [9.17, 15) is 19.8 Å². The molecule has 0 spiro atoms. The summed E-state index contributed by atoms with van der Waals surface area (Å²) in [7, 11) is 0. The molecule has 4 heterocycles. The Morgan fingerprint density at radius 1 is 0.422 bits per heavy atom. The van der Waals surface area contributed by atoms with Gasteiger partial charge in [-0.2, -0.15) is 0 Å². The van der Waals surface area contributed by atoms with Gasteiger partial charge in [0, 0.05) is 78.1 Å². The zero-order valence-corrected chi connectivity index (χ0v) is 36.7. The summed E-state index contributed by atoms with van der Waals surface area (Å²) < 4.78 is 7.52. The average molecular weight is 847 g/mol. The van der Waals surface area contributed by atoms with Crippen LogP contribution in [0.25, 0.3) is 66.4 Å². The molecule has 0 radical (unpaired) electrons. The molecule has 1 aliphatic rings. The van der Waals surface area contributed by atoms with E-state index in [1.807, 2.05) is 139 Å². The largest absolute Gasteiger partial charge is 0.392 e. The lowest BCUT2D eigenvalue weighted by atomic mass is 9.61. The van der Waals surface area contributed by atoms with Crippen LogP contribution in [0.2, 0.25) is 0 Å². The third kappa shape index (κ3) is 5.86. The quantitative estimate of drug-likeness (QED) is 0.133. The first-order chi connectivity index (χ1) is 30.7. The van der Waals surface area contributed by atoms with Crippen molar-refractivity contribution in [2.75, 3.05) is 0 Å². The van der Waals surface area contributed by atoms with Crippen LogP contribution in [0.4, 0.5) is 0 Å². The predicted octanol–water partition coefficient (Wildman–Crippen LogP) is 10.0. The molecule has 0 atom stereocenters. The third-order valence-corrected chi connectivity index (χ3v) is 13.3. The van der Waals surface area contributed by atoms with Gasteiger partial charge in [0.15, 0.2) is 0 Å². The van der Waals surface area contributed by atoms with Gasteiger partial charge in [-0.3, -0.25) is 19.8 Å². The summed E-state index contributed by atoms with van der Waals surface area (Å²) >= 11 is 0. The smallest absolute Gasteiger partial charge is 0.275 e. The van der Waals surface area contributed by atoms with Gasteiger partial charge >= 0.3 is 0 Å². The summed E-state index contributed by atoms with van der Waals surface area (Å²) in [6, 6.07) is 48.9. The molecule has 1 fully saturated rings. The van der Waals surface area contributed by atoms with Crippen LogP contribution in [0, 0.1) is 0 Å². The van der Waals surface area contributed by atoms with Crippen LogP contribution in [-0.2, 0) is 10.8 Å². The monoisotopic (exact) mass is 846 g/mol. The van der Waals surface area contributed by atoms with Crippen LogP contribution in [0.5, 0.6) is 0 Å². The zero-order valence-electron chi connectivity index (χ0n) is 36.7. The number of hydrogen-bond donors (Lipinski definition) is 4. The van der Waals surface area contributed by atoms with Crippen molar-refractivity contribution in [1.29, 1.82) is 0 Å². The van der Waals surface area contributed by atoms with Gasteiger partial charge in [-0.15, -0.1) is 0 Å². The molecule has 11 rings (SSSR count). The zero-order chi connectivity index (χ0) is 44.4. The molecule has 6 aromatic carbocycles. The molecule has 1 aliphatic carbocycles.